The van der Waals surface area contributed by atoms with Gasteiger partial charge in [-0.1, -0.05) is 26.7 Å². The van der Waals surface area contributed by atoms with Gasteiger partial charge < -0.3 is 0 Å². The van der Waals surface area contributed by atoms with Gasteiger partial charge in [-0.2, -0.15) is 11.8 Å². The zero-order chi connectivity index (χ0) is 11.8. The third-order valence-corrected chi connectivity index (χ3v) is 5.02. The maximum atomic E-state index is 5.69. The summed E-state index contributed by atoms with van der Waals surface area (Å²) in [5.41, 5.74) is 3.04. The highest BCUT2D eigenvalue weighted by molar-refractivity contribution is 7.99. The van der Waals surface area contributed by atoms with Crippen molar-refractivity contribution in [3.05, 3.63) is 0 Å². The number of nitrogens with two attached hydrogens (primary N) is 1. The molecule has 0 bridgehead atoms. The van der Waals surface area contributed by atoms with Gasteiger partial charge in [0.2, 0.25) is 0 Å². The van der Waals surface area contributed by atoms with E-state index < -0.39 is 0 Å². The molecule has 1 fully saturated rings. The molecule has 0 aromatic rings. The average Bonchev–Trinajstić information content (AvgIpc) is 2.35. The monoisotopic (exact) mass is 244 g/mol. The second-order valence-electron chi connectivity index (χ2n) is 5.07. The van der Waals surface area contributed by atoms with Crippen LogP contribution in [0.2, 0.25) is 0 Å². The van der Waals surface area contributed by atoms with Gasteiger partial charge in [0.1, 0.15) is 0 Å². The molecule has 0 amide bonds. The van der Waals surface area contributed by atoms with Gasteiger partial charge in [0.05, 0.1) is 0 Å². The molecule has 3 N–H and O–H groups in total. The number of nitrogens with one attached hydrogen (secondary N) is 1. The number of hydrogen-bond acceptors (Lipinski definition) is 3. The lowest BCUT2D eigenvalue weighted by Gasteiger charge is -2.28. The molecule has 96 valence electrons. The Labute approximate surface area is 105 Å². The molecule has 1 atom stereocenters. The molecule has 1 rings (SSSR count). The van der Waals surface area contributed by atoms with Crippen molar-refractivity contribution >= 4 is 11.8 Å². The Hall–Kier alpha value is 0.270. The molecule has 1 unspecified atom stereocenters. The number of hydrogen-bond donors (Lipinski definition) is 2. The quantitative estimate of drug-likeness (QED) is 0.533. The van der Waals surface area contributed by atoms with E-state index in [0.717, 1.165) is 11.8 Å². The van der Waals surface area contributed by atoms with Crippen molar-refractivity contribution in [2.24, 2.45) is 17.7 Å². The van der Waals surface area contributed by atoms with Gasteiger partial charge in [-0.05, 0) is 49.0 Å². The summed E-state index contributed by atoms with van der Waals surface area (Å²) in [4.78, 5) is 0. The largest absolute Gasteiger partial charge is 0.271 e. The molecule has 1 aliphatic heterocycles. The first-order valence-electron chi connectivity index (χ1n) is 6.83. The normalized spacial score (nSPS) is 20.2. The molecular weight excluding hydrogens is 216 g/mol. The average molecular weight is 244 g/mol. The minimum Gasteiger partial charge on any atom is -0.271 e. The SMILES string of the molecule is CCC(CC)CC(CC1CCSCC1)NN. The van der Waals surface area contributed by atoms with E-state index in [1.165, 1.54) is 50.0 Å². The van der Waals surface area contributed by atoms with Crippen LogP contribution in [0, 0.1) is 11.8 Å². The first-order valence-corrected chi connectivity index (χ1v) is 7.99. The molecule has 1 saturated heterocycles. The van der Waals surface area contributed by atoms with Crippen LogP contribution in [0.15, 0.2) is 0 Å². The first-order chi connectivity index (χ1) is 7.80. The zero-order valence-corrected chi connectivity index (χ0v) is 11.7. The molecular formula is C13H28N2S. The zero-order valence-electron chi connectivity index (χ0n) is 10.9. The Morgan fingerprint density at radius 1 is 1.25 bits per heavy atom. The molecule has 0 aliphatic carbocycles. The van der Waals surface area contributed by atoms with E-state index in [0.29, 0.717) is 6.04 Å². The fraction of sp³-hybridized carbons (Fsp3) is 1.00. The van der Waals surface area contributed by atoms with Crippen LogP contribution >= 0.6 is 11.8 Å². The summed E-state index contributed by atoms with van der Waals surface area (Å²) in [5, 5.41) is 0. The van der Waals surface area contributed by atoms with Crippen LogP contribution in [-0.4, -0.2) is 17.5 Å². The number of thioether (sulfide) groups is 1. The summed E-state index contributed by atoms with van der Waals surface area (Å²) in [6.45, 7) is 4.58. The lowest BCUT2D eigenvalue weighted by atomic mass is 9.87. The van der Waals surface area contributed by atoms with E-state index in [2.05, 4.69) is 31.0 Å². The molecule has 0 aromatic carbocycles. The van der Waals surface area contributed by atoms with Crippen molar-refractivity contribution in [3.8, 4) is 0 Å². The fourth-order valence-corrected chi connectivity index (χ4v) is 3.85. The predicted molar refractivity (Wildman–Crippen MR) is 74.5 cm³/mol. The molecule has 1 heterocycles. The van der Waals surface area contributed by atoms with Crippen molar-refractivity contribution in [2.45, 2.75) is 58.4 Å². The van der Waals surface area contributed by atoms with Gasteiger partial charge in [0.15, 0.2) is 0 Å². The molecule has 0 aromatic heterocycles. The summed E-state index contributed by atoms with van der Waals surface area (Å²) in [7, 11) is 0. The van der Waals surface area contributed by atoms with E-state index in [9.17, 15) is 0 Å². The van der Waals surface area contributed by atoms with Gasteiger partial charge in [0.25, 0.3) is 0 Å². The van der Waals surface area contributed by atoms with Crippen molar-refractivity contribution < 1.29 is 0 Å². The van der Waals surface area contributed by atoms with Crippen molar-refractivity contribution in [1.29, 1.82) is 0 Å². The van der Waals surface area contributed by atoms with E-state index in [1.54, 1.807) is 0 Å². The van der Waals surface area contributed by atoms with Crippen LogP contribution in [0.25, 0.3) is 0 Å². The van der Waals surface area contributed by atoms with Crippen molar-refractivity contribution in [1.82, 2.24) is 5.43 Å². The number of rotatable bonds is 7. The lowest BCUT2D eigenvalue weighted by Crippen LogP contribution is -2.38. The van der Waals surface area contributed by atoms with E-state index in [4.69, 9.17) is 5.84 Å². The minimum absolute atomic E-state index is 0.540. The predicted octanol–water partition coefficient (Wildman–Crippen LogP) is 3.18. The van der Waals surface area contributed by atoms with Gasteiger partial charge in [-0.3, -0.25) is 11.3 Å². The van der Waals surface area contributed by atoms with Crippen LogP contribution in [0.4, 0.5) is 0 Å². The second kappa shape index (κ2) is 8.37. The minimum atomic E-state index is 0.540. The Morgan fingerprint density at radius 2 is 1.88 bits per heavy atom. The highest BCUT2D eigenvalue weighted by Crippen LogP contribution is 2.28. The molecule has 0 saturated carbocycles. The Balaban J connectivity index is 2.29. The maximum Gasteiger partial charge on any atom is 0.0215 e. The van der Waals surface area contributed by atoms with Crippen LogP contribution < -0.4 is 11.3 Å². The number of hydrazine groups is 1. The third kappa shape index (κ3) is 5.07. The Bertz CT molecular complexity index is 165. The summed E-state index contributed by atoms with van der Waals surface area (Å²) in [5.74, 6) is 10.2. The van der Waals surface area contributed by atoms with Crippen LogP contribution in [0.1, 0.15) is 52.4 Å². The highest BCUT2D eigenvalue weighted by Gasteiger charge is 2.20. The summed E-state index contributed by atoms with van der Waals surface area (Å²) < 4.78 is 0. The van der Waals surface area contributed by atoms with Gasteiger partial charge in [-0.15, -0.1) is 0 Å². The third-order valence-electron chi connectivity index (χ3n) is 3.97. The molecule has 0 spiro atoms. The topological polar surface area (TPSA) is 38.0 Å². The van der Waals surface area contributed by atoms with E-state index in [-0.39, 0.29) is 0 Å². The standard InChI is InChI=1S/C13H28N2S/c1-3-11(4-2)9-13(15-14)10-12-5-7-16-8-6-12/h11-13,15H,3-10,14H2,1-2H3. The molecule has 1 aliphatic rings. The Kier molecular flexibility index (Phi) is 7.50. The lowest BCUT2D eigenvalue weighted by molar-refractivity contribution is 0.304. The second-order valence-corrected chi connectivity index (χ2v) is 6.30. The van der Waals surface area contributed by atoms with Crippen molar-refractivity contribution in [2.75, 3.05) is 11.5 Å². The maximum absolute atomic E-state index is 5.69. The summed E-state index contributed by atoms with van der Waals surface area (Å²) >= 11 is 2.10. The van der Waals surface area contributed by atoms with Gasteiger partial charge in [0, 0.05) is 6.04 Å². The fourth-order valence-electron chi connectivity index (χ4n) is 2.64. The van der Waals surface area contributed by atoms with Crippen molar-refractivity contribution in [3.63, 3.8) is 0 Å². The van der Waals surface area contributed by atoms with Gasteiger partial charge in [-0.25, -0.2) is 0 Å². The molecule has 3 heteroatoms. The molecule has 0 radical (unpaired) electrons. The first kappa shape index (κ1) is 14.3. The molecule has 2 nitrogen and oxygen atoms in total. The highest BCUT2D eigenvalue weighted by atomic mass is 32.2. The van der Waals surface area contributed by atoms with E-state index >= 15 is 0 Å². The van der Waals surface area contributed by atoms with Gasteiger partial charge >= 0.3 is 0 Å². The Morgan fingerprint density at radius 3 is 2.38 bits per heavy atom. The summed E-state index contributed by atoms with van der Waals surface area (Å²) in [6, 6.07) is 0.540. The van der Waals surface area contributed by atoms with E-state index in [1.807, 2.05) is 0 Å². The van der Waals surface area contributed by atoms with Crippen LogP contribution in [0.3, 0.4) is 0 Å². The molecule has 16 heavy (non-hydrogen) atoms. The van der Waals surface area contributed by atoms with Crippen LogP contribution in [0.5, 0.6) is 0 Å². The summed E-state index contributed by atoms with van der Waals surface area (Å²) in [6.07, 6.45) is 7.91. The smallest absolute Gasteiger partial charge is 0.0215 e. The van der Waals surface area contributed by atoms with Crippen LogP contribution in [-0.2, 0) is 0 Å².